The molecule has 31 heavy (non-hydrogen) atoms. The summed E-state index contributed by atoms with van der Waals surface area (Å²) in [6.45, 7) is 3.90. The van der Waals surface area contributed by atoms with E-state index in [0.29, 0.717) is 16.9 Å². The Labute approximate surface area is 181 Å². The van der Waals surface area contributed by atoms with Crippen LogP contribution in [-0.4, -0.2) is 33.8 Å². The van der Waals surface area contributed by atoms with Crippen LogP contribution < -0.4 is 10.1 Å². The van der Waals surface area contributed by atoms with Gasteiger partial charge in [0.2, 0.25) is 0 Å². The number of benzene rings is 1. The van der Waals surface area contributed by atoms with E-state index in [4.69, 9.17) is 14.1 Å². The Balaban J connectivity index is 1.65. The standard InChI is InChI=1S/C24H26N4O3/c1-15(7-10-19-6-5-13-31-19)25-24(29)20-14-21(17-8-11-18(30-4)12-9-17)26-23-22(20)16(2)27-28(23)3/h5-6,8-9,11-15H,7,10H2,1-4H3,(H,25,29)/t15-/m1/s1. The fourth-order valence-corrected chi connectivity index (χ4v) is 3.72. The van der Waals surface area contributed by atoms with Crippen molar-refractivity contribution in [3.05, 3.63) is 65.7 Å². The molecular formula is C24H26N4O3. The molecule has 0 aliphatic rings. The van der Waals surface area contributed by atoms with Gasteiger partial charge in [-0.15, -0.1) is 0 Å². The average molecular weight is 418 g/mol. The predicted octanol–water partition coefficient (Wildman–Crippen LogP) is 4.30. The van der Waals surface area contributed by atoms with E-state index >= 15 is 0 Å². The molecule has 7 nitrogen and oxygen atoms in total. The minimum atomic E-state index is -0.134. The van der Waals surface area contributed by atoms with Gasteiger partial charge in [0.1, 0.15) is 11.5 Å². The van der Waals surface area contributed by atoms with Gasteiger partial charge in [-0.2, -0.15) is 5.10 Å². The van der Waals surface area contributed by atoms with Gasteiger partial charge in [0.05, 0.1) is 35.7 Å². The zero-order chi connectivity index (χ0) is 22.0. The van der Waals surface area contributed by atoms with E-state index in [9.17, 15) is 4.79 Å². The second-order valence-electron chi connectivity index (χ2n) is 7.68. The summed E-state index contributed by atoms with van der Waals surface area (Å²) in [7, 11) is 3.47. The van der Waals surface area contributed by atoms with Crippen LogP contribution in [-0.2, 0) is 13.5 Å². The lowest BCUT2D eigenvalue weighted by Gasteiger charge is -2.15. The molecule has 0 radical (unpaired) electrons. The van der Waals surface area contributed by atoms with E-state index in [0.717, 1.165) is 41.0 Å². The lowest BCUT2D eigenvalue weighted by molar-refractivity contribution is 0.0939. The molecule has 160 valence electrons. The quantitative estimate of drug-likeness (QED) is 0.484. The Bertz CT molecular complexity index is 1190. The normalized spacial score (nSPS) is 12.1. The number of aryl methyl sites for hydroxylation is 3. The van der Waals surface area contributed by atoms with Crippen molar-refractivity contribution in [2.45, 2.75) is 32.7 Å². The molecular weight excluding hydrogens is 392 g/mol. The largest absolute Gasteiger partial charge is 0.497 e. The first-order chi connectivity index (χ1) is 15.0. The molecule has 1 amide bonds. The SMILES string of the molecule is COc1ccc(-c2cc(C(=O)N[C@H](C)CCc3ccco3)c3c(C)nn(C)c3n2)cc1. The number of rotatable bonds is 7. The summed E-state index contributed by atoms with van der Waals surface area (Å²) in [6.07, 6.45) is 3.21. The fraction of sp³-hybridized carbons (Fsp3) is 0.292. The second-order valence-corrected chi connectivity index (χ2v) is 7.68. The molecule has 0 aliphatic carbocycles. The summed E-state index contributed by atoms with van der Waals surface area (Å²) in [6, 6.07) is 13.3. The molecule has 0 aliphatic heterocycles. The van der Waals surface area contributed by atoms with Crippen LogP contribution in [0.25, 0.3) is 22.3 Å². The van der Waals surface area contributed by atoms with Crippen LogP contribution in [0.1, 0.15) is 35.2 Å². The number of nitrogens with one attached hydrogen (secondary N) is 1. The maximum absolute atomic E-state index is 13.3. The molecule has 3 heterocycles. The number of carbonyl (C=O) groups excluding carboxylic acids is 1. The third-order valence-corrected chi connectivity index (χ3v) is 5.38. The van der Waals surface area contributed by atoms with Gasteiger partial charge < -0.3 is 14.5 Å². The number of amides is 1. The number of carbonyl (C=O) groups is 1. The number of fused-ring (bicyclic) bond motifs is 1. The van der Waals surface area contributed by atoms with Crippen LogP contribution in [0, 0.1) is 6.92 Å². The summed E-state index contributed by atoms with van der Waals surface area (Å²) in [5, 5.41) is 8.38. The summed E-state index contributed by atoms with van der Waals surface area (Å²) >= 11 is 0. The smallest absolute Gasteiger partial charge is 0.252 e. The van der Waals surface area contributed by atoms with E-state index in [1.165, 1.54) is 0 Å². The molecule has 0 spiro atoms. The maximum Gasteiger partial charge on any atom is 0.252 e. The monoisotopic (exact) mass is 418 g/mol. The van der Waals surface area contributed by atoms with Crippen molar-refractivity contribution < 1.29 is 13.9 Å². The van der Waals surface area contributed by atoms with Crippen molar-refractivity contribution >= 4 is 16.9 Å². The predicted molar refractivity (Wildman–Crippen MR) is 119 cm³/mol. The molecule has 0 unspecified atom stereocenters. The lowest BCUT2D eigenvalue weighted by atomic mass is 10.0. The van der Waals surface area contributed by atoms with Gasteiger partial charge in [-0.05, 0) is 62.7 Å². The minimum Gasteiger partial charge on any atom is -0.497 e. The van der Waals surface area contributed by atoms with E-state index in [2.05, 4.69) is 10.4 Å². The van der Waals surface area contributed by atoms with Crippen LogP contribution >= 0.6 is 0 Å². The van der Waals surface area contributed by atoms with Crippen molar-refractivity contribution in [1.29, 1.82) is 0 Å². The Morgan fingerprint density at radius 1 is 1.26 bits per heavy atom. The molecule has 7 heteroatoms. The summed E-state index contributed by atoms with van der Waals surface area (Å²) in [4.78, 5) is 18.0. The van der Waals surface area contributed by atoms with E-state index < -0.39 is 0 Å². The van der Waals surface area contributed by atoms with Crippen molar-refractivity contribution in [3.63, 3.8) is 0 Å². The molecule has 3 aromatic heterocycles. The molecule has 0 saturated carbocycles. The van der Waals surface area contributed by atoms with Crippen molar-refractivity contribution in [2.24, 2.45) is 7.05 Å². The summed E-state index contributed by atoms with van der Waals surface area (Å²) < 4.78 is 12.4. The van der Waals surface area contributed by atoms with E-state index in [1.54, 1.807) is 18.1 Å². The van der Waals surface area contributed by atoms with Crippen LogP contribution in [0.4, 0.5) is 0 Å². The van der Waals surface area contributed by atoms with Crippen molar-refractivity contribution in [1.82, 2.24) is 20.1 Å². The molecule has 4 rings (SSSR count). The summed E-state index contributed by atoms with van der Waals surface area (Å²) in [5.74, 6) is 1.55. The number of methoxy groups -OCH3 is 1. The van der Waals surface area contributed by atoms with Crippen LogP contribution in [0.15, 0.2) is 53.1 Å². The molecule has 0 bridgehead atoms. The van der Waals surface area contributed by atoms with Gasteiger partial charge in [-0.25, -0.2) is 4.98 Å². The van der Waals surface area contributed by atoms with Gasteiger partial charge in [-0.3, -0.25) is 9.48 Å². The Kier molecular flexibility index (Phi) is 5.75. The first-order valence-corrected chi connectivity index (χ1v) is 10.3. The zero-order valence-electron chi connectivity index (χ0n) is 18.2. The number of ether oxygens (including phenoxy) is 1. The number of hydrogen-bond acceptors (Lipinski definition) is 5. The Hall–Kier alpha value is -3.61. The van der Waals surface area contributed by atoms with Gasteiger partial charge in [-0.1, -0.05) is 0 Å². The highest BCUT2D eigenvalue weighted by atomic mass is 16.5. The number of furan rings is 1. The highest BCUT2D eigenvalue weighted by Crippen LogP contribution is 2.28. The van der Waals surface area contributed by atoms with Crippen LogP contribution in [0.5, 0.6) is 5.75 Å². The van der Waals surface area contributed by atoms with Gasteiger partial charge in [0.25, 0.3) is 5.91 Å². The number of nitrogens with zero attached hydrogens (tertiary/aromatic N) is 3. The first-order valence-electron chi connectivity index (χ1n) is 10.3. The highest BCUT2D eigenvalue weighted by Gasteiger charge is 2.20. The van der Waals surface area contributed by atoms with Crippen molar-refractivity contribution in [3.8, 4) is 17.0 Å². The number of aromatic nitrogens is 3. The fourth-order valence-electron chi connectivity index (χ4n) is 3.72. The van der Waals surface area contributed by atoms with Crippen molar-refractivity contribution in [2.75, 3.05) is 7.11 Å². The average Bonchev–Trinajstić information content (AvgIpc) is 3.39. The Morgan fingerprint density at radius 3 is 2.71 bits per heavy atom. The molecule has 1 atom stereocenters. The number of hydrogen-bond donors (Lipinski definition) is 1. The molecule has 4 aromatic rings. The van der Waals surface area contributed by atoms with Gasteiger partial charge >= 0.3 is 0 Å². The first kappa shape index (κ1) is 20.7. The lowest BCUT2D eigenvalue weighted by Crippen LogP contribution is -2.33. The molecule has 0 fully saturated rings. The zero-order valence-corrected chi connectivity index (χ0v) is 18.2. The molecule has 1 N–H and O–H groups in total. The Morgan fingerprint density at radius 2 is 2.03 bits per heavy atom. The van der Waals surface area contributed by atoms with Gasteiger partial charge in [0, 0.05) is 25.1 Å². The minimum absolute atomic E-state index is 0.0118. The number of pyridine rings is 1. The second kappa shape index (κ2) is 8.63. The summed E-state index contributed by atoms with van der Waals surface area (Å²) in [5.41, 5.74) is 3.65. The van der Waals surface area contributed by atoms with Crippen LogP contribution in [0.2, 0.25) is 0 Å². The van der Waals surface area contributed by atoms with Crippen LogP contribution in [0.3, 0.4) is 0 Å². The third kappa shape index (κ3) is 4.30. The topological polar surface area (TPSA) is 82.2 Å². The molecule has 1 aromatic carbocycles. The third-order valence-electron chi connectivity index (χ3n) is 5.38. The maximum atomic E-state index is 13.3. The highest BCUT2D eigenvalue weighted by molar-refractivity contribution is 6.07. The van der Waals surface area contributed by atoms with E-state index in [1.807, 2.05) is 63.4 Å². The molecule has 0 saturated heterocycles. The van der Waals surface area contributed by atoms with E-state index in [-0.39, 0.29) is 11.9 Å². The van der Waals surface area contributed by atoms with Gasteiger partial charge in [0.15, 0.2) is 5.65 Å².